The minimum absolute atomic E-state index is 0.00661. The van der Waals surface area contributed by atoms with Gasteiger partial charge in [-0.3, -0.25) is 19.1 Å². The molecule has 11 heteroatoms. The monoisotopic (exact) mass is 541 g/mol. The van der Waals surface area contributed by atoms with Crippen LogP contribution in [0.4, 0.5) is 0 Å². The van der Waals surface area contributed by atoms with Gasteiger partial charge in [-0.2, -0.15) is 0 Å². The summed E-state index contributed by atoms with van der Waals surface area (Å²) in [5.41, 5.74) is 0.889. The van der Waals surface area contributed by atoms with Gasteiger partial charge in [0.1, 0.15) is 18.5 Å². The Morgan fingerprint density at radius 2 is 1.87 bits per heavy atom. The zero-order valence-corrected chi connectivity index (χ0v) is 22.4. The third-order valence-electron chi connectivity index (χ3n) is 5.83. The number of carbonyl (C=O) groups excluding carboxylic acids is 1. The van der Waals surface area contributed by atoms with E-state index in [1.807, 2.05) is 61.5 Å². The van der Waals surface area contributed by atoms with Crippen molar-refractivity contribution in [3.63, 3.8) is 0 Å². The summed E-state index contributed by atoms with van der Waals surface area (Å²) in [5, 5.41) is 3.04. The van der Waals surface area contributed by atoms with Crippen molar-refractivity contribution in [3.05, 3.63) is 87.7 Å². The molecule has 0 radical (unpaired) electrons. The topological polar surface area (TPSA) is 121 Å². The number of esters is 1. The molecule has 1 aliphatic rings. The van der Waals surface area contributed by atoms with Crippen LogP contribution >= 0.6 is 8.53 Å². The van der Waals surface area contributed by atoms with E-state index in [1.54, 1.807) is 13.8 Å². The van der Waals surface area contributed by atoms with Crippen molar-refractivity contribution in [1.29, 1.82) is 0 Å². The summed E-state index contributed by atoms with van der Waals surface area (Å²) < 4.78 is 25.1. The van der Waals surface area contributed by atoms with Crippen LogP contribution < -0.4 is 20.9 Å². The molecule has 3 aromatic rings. The maximum absolute atomic E-state index is 12.2. The van der Waals surface area contributed by atoms with Crippen molar-refractivity contribution in [2.75, 3.05) is 13.2 Å². The van der Waals surface area contributed by atoms with Gasteiger partial charge in [0.25, 0.3) is 5.56 Å². The number of H-pyrrole nitrogens is 1. The number of aromatic amines is 1. The summed E-state index contributed by atoms with van der Waals surface area (Å²) in [4.78, 5) is 38.1. The van der Waals surface area contributed by atoms with Gasteiger partial charge in [-0.05, 0) is 31.9 Å². The SMILES string of the molecule is CC(C)OC(=O)CNP(OCC1CC(C)C(n2ccc(=O)[nH]c2=O)O1)Oc1ccccc1-c1ccccc1. The lowest BCUT2D eigenvalue weighted by atomic mass is 10.1. The molecule has 1 saturated heterocycles. The van der Waals surface area contributed by atoms with E-state index in [4.69, 9.17) is 18.5 Å². The molecule has 4 atom stereocenters. The fraction of sp³-hybridized carbons (Fsp3) is 0.370. The molecule has 0 spiro atoms. The van der Waals surface area contributed by atoms with E-state index >= 15 is 0 Å². The molecule has 0 bridgehead atoms. The highest BCUT2D eigenvalue weighted by atomic mass is 31.2. The number of nitrogens with zero attached hydrogens (tertiary/aromatic N) is 1. The molecule has 38 heavy (non-hydrogen) atoms. The summed E-state index contributed by atoms with van der Waals surface area (Å²) >= 11 is 0. The molecular formula is C27H32N3O7P. The Balaban J connectivity index is 1.46. The van der Waals surface area contributed by atoms with E-state index < -0.39 is 32.0 Å². The van der Waals surface area contributed by atoms with Crippen molar-refractivity contribution >= 4 is 14.5 Å². The smallest absolute Gasteiger partial charge is 0.330 e. The number of nitrogens with one attached hydrogen (secondary N) is 2. The molecule has 2 aromatic carbocycles. The minimum Gasteiger partial charge on any atom is -0.462 e. The first-order valence-corrected chi connectivity index (χ1v) is 13.6. The average molecular weight is 542 g/mol. The van der Waals surface area contributed by atoms with Crippen LogP contribution in [-0.4, -0.2) is 40.9 Å². The highest BCUT2D eigenvalue weighted by Gasteiger charge is 2.35. The molecule has 10 nitrogen and oxygen atoms in total. The predicted molar refractivity (Wildman–Crippen MR) is 144 cm³/mol. The average Bonchev–Trinajstić information content (AvgIpc) is 3.26. The van der Waals surface area contributed by atoms with Gasteiger partial charge < -0.3 is 18.5 Å². The number of aromatic nitrogens is 2. The van der Waals surface area contributed by atoms with Gasteiger partial charge >= 0.3 is 20.2 Å². The molecule has 2 N–H and O–H groups in total. The van der Waals surface area contributed by atoms with E-state index in [-0.39, 0.29) is 31.3 Å². The lowest BCUT2D eigenvalue weighted by molar-refractivity contribution is -0.145. The largest absolute Gasteiger partial charge is 0.462 e. The summed E-state index contributed by atoms with van der Waals surface area (Å²) in [7, 11) is -1.76. The van der Waals surface area contributed by atoms with E-state index in [0.29, 0.717) is 12.2 Å². The third kappa shape index (κ3) is 7.39. The second kappa shape index (κ2) is 13.0. The first kappa shape index (κ1) is 27.7. The van der Waals surface area contributed by atoms with Crippen molar-refractivity contribution in [1.82, 2.24) is 14.6 Å². The van der Waals surface area contributed by atoms with Crippen molar-refractivity contribution < 1.29 is 23.3 Å². The molecule has 4 rings (SSSR count). The Kier molecular flexibility index (Phi) is 9.47. The molecule has 2 heterocycles. The number of rotatable bonds is 11. The standard InChI is InChI=1S/C27H32N3O7P/c1-18(2)35-25(32)16-28-38(37-23-12-8-7-11-22(23)20-9-5-4-6-10-20)34-17-21-15-19(3)26(36-21)30-14-13-24(31)29-27(30)33/h4-14,18-19,21,26,28H,15-17H2,1-3H3,(H,29,31,33). The van der Waals surface area contributed by atoms with Gasteiger partial charge in [-0.25, -0.2) is 9.88 Å². The molecule has 1 aliphatic heterocycles. The van der Waals surface area contributed by atoms with Crippen LogP contribution in [0.2, 0.25) is 0 Å². The number of carbonyl (C=O) groups is 1. The quantitative estimate of drug-likeness (QED) is 0.276. The fourth-order valence-electron chi connectivity index (χ4n) is 4.17. The second-order valence-electron chi connectivity index (χ2n) is 9.26. The normalized spacial score (nSPS) is 19.8. The molecule has 1 fully saturated rings. The Hall–Kier alpha value is -3.30. The van der Waals surface area contributed by atoms with Gasteiger partial charge in [0.2, 0.25) is 0 Å². The zero-order valence-electron chi connectivity index (χ0n) is 21.5. The summed E-state index contributed by atoms with van der Waals surface area (Å²) in [6.45, 7) is 5.62. The van der Waals surface area contributed by atoms with E-state index in [0.717, 1.165) is 11.1 Å². The number of ether oxygens (including phenoxy) is 2. The zero-order chi connectivity index (χ0) is 27.1. The Morgan fingerprint density at radius 3 is 2.61 bits per heavy atom. The van der Waals surface area contributed by atoms with Crippen LogP contribution in [0, 0.1) is 5.92 Å². The summed E-state index contributed by atoms with van der Waals surface area (Å²) in [6, 6.07) is 18.7. The van der Waals surface area contributed by atoms with Crippen LogP contribution in [0.3, 0.4) is 0 Å². The number of hydrogen-bond acceptors (Lipinski definition) is 8. The first-order valence-electron chi connectivity index (χ1n) is 12.5. The molecule has 0 aliphatic carbocycles. The van der Waals surface area contributed by atoms with E-state index in [2.05, 4.69) is 10.1 Å². The molecule has 202 valence electrons. The second-order valence-corrected chi connectivity index (χ2v) is 10.5. The fourth-order valence-corrected chi connectivity index (χ4v) is 5.28. The van der Waals surface area contributed by atoms with Crippen molar-refractivity contribution in [3.8, 4) is 16.9 Å². The van der Waals surface area contributed by atoms with E-state index in [9.17, 15) is 14.4 Å². The van der Waals surface area contributed by atoms with Crippen molar-refractivity contribution in [2.45, 2.75) is 45.6 Å². The van der Waals surface area contributed by atoms with Gasteiger partial charge in [-0.1, -0.05) is 55.5 Å². The lowest BCUT2D eigenvalue weighted by Gasteiger charge is -2.22. The van der Waals surface area contributed by atoms with Crippen molar-refractivity contribution in [2.24, 2.45) is 5.92 Å². The minimum atomic E-state index is -1.76. The maximum Gasteiger partial charge on any atom is 0.330 e. The summed E-state index contributed by atoms with van der Waals surface area (Å²) in [5.74, 6) is 0.194. The first-order chi connectivity index (χ1) is 18.3. The van der Waals surface area contributed by atoms with E-state index in [1.165, 1.54) is 16.8 Å². The van der Waals surface area contributed by atoms with Crippen LogP contribution in [-0.2, 0) is 18.8 Å². The van der Waals surface area contributed by atoms with Crippen LogP contribution in [0.25, 0.3) is 11.1 Å². The van der Waals surface area contributed by atoms with Gasteiger partial charge in [-0.15, -0.1) is 0 Å². The Bertz CT molecular complexity index is 1330. The molecule has 0 amide bonds. The van der Waals surface area contributed by atoms with Crippen LogP contribution in [0.1, 0.15) is 33.4 Å². The van der Waals surface area contributed by atoms with Gasteiger partial charge in [0.15, 0.2) is 0 Å². The van der Waals surface area contributed by atoms with Gasteiger partial charge in [0.05, 0.1) is 18.8 Å². The maximum atomic E-state index is 12.2. The molecular weight excluding hydrogens is 509 g/mol. The predicted octanol–water partition coefficient (Wildman–Crippen LogP) is 3.99. The lowest BCUT2D eigenvalue weighted by Crippen LogP contribution is -2.33. The number of para-hydroxylation sites is 1. The summed E-state index contributed by atoms with van der Waals surface area (Å²) in [6.07, 6.45) is 0.973. The third-order valence-corrected chi connectivity index (χ3v) is 6.99. The highest BCUT2D eigenvalue weighted by Crippen LogP contribution is 2.42. The van der Waals surface area contributed by atoms with Crippen LogP contribution in [0.15, 0.2) is 76.4 Å². The number of hydrogen-bond donors (Lipinski definition) is 2. The molecule has 1 aromatic heterocycles. The van der Waals surface area contributed by atoms with Gasteiger partial charge in [0, 0.05) is 23.7 Å². The number of benzene rings is 2. The molecule has 0 saturated carbocycles. The molecule has 4 unspecified atom stereocenters. The Morgan fingerprint density at radius 1 is 1.13 bits per heavy atom. The van der Waals surface area contributed by atoms with Crippen LogP contribution in [0.5, 0.6) is 5.75 Å². The Labute approximate surface area is 221 Å². The highest BCUT2D eigenvalue weighted by molar-refractivity contribution is 7.45.